The molecule has 1 heterocycles. The number of halogens is 1. The Bertz CT molecular complexity index is 454. The first-order valence-corrected chi connectivity index (χ1v) is 6.54. The van der Waals surface area contributed by atoms with Crippen LogP contribution in [0.5, 0.6) is 0 Å². The second-order valence-electron chi connectivity index (χ2n) is 4.50. The molecular weight excluding hydrogens is 264 g/mol. The molecule has 1 aromatic carbocycles. The zero-order valence-corrected chi connectivity index (χ0v) is 10.6. The van der Waals surface area contributed by atoms with E-state index in [1.807, 2.05) is 24.3 Å². The number of ether oxygens (including phenoxy) is 1. The van der Waals surface area contributed by atoms with E-state index in [1.54, 1.807) is 0 Å². The van der Waals surface area contributed by atoms with Crippen molar-refractivity contribution in [3.63, 3.8) is 0 Å². The Morgan fingerprint density at radius 2 is 2.06 bits per heavy atom. The zero-order valence-electron chi connectivity index (χ0n) is 9.00. The van der Waals surface area contributed by atoms with Gasteiger partial charge in [-0.2, -0.15) is 0 Å². The second kappa shape index (κ2) is 3.91. The number of benzene rings is 1. The highest BCUT2D eigenvalue weighted by Gasteiger charge is 2.56. The summed E-state index contributed by atoms with van der Waals surface area (Å²) in [4.78, 5) is 0. The van der Waals surface area contributed by atoms with Crippen LogP contribution in [-0.2, 0) is 4.74 Å². The number of hydrogen-bond acceptors (Lipinski definition) is 1. The van der Waals surface area contributed by atoms with Crippen molar-refractivity contribution in [1.82, 2.24) is 0 Å². The summed E-state index contributed by atoms with van der Waals surface area (Å²) >= 11 is 3.42. The van der Waals surface area contributed by atoms with Crippen molar-refractivity contribution in [3.8, 4) is 11.8 Å². The summed E-state index contributed by atoms with van der Waals surface area (Å²) in [5.41, 5.74) is 0.989. The van der Waals surface area contributed by atoms with Gasteiger partial charge in [0.2, 0.25) is 0 Å². The monoisotopic (exact) mass is 276 g/mol. The van der Waals surface area contributed by atoms with Gasteiger partial charge in [-0.3, -0.25) is 0 Å². The molecule has 2 heteroatoms. The first kappa shape index (κ1) is 10.4. The Kier molecular flexibility index (Phi) is 2.53. The lowest BCUT2D eigenvalue weighted by Crippen LogP contribution is -2.16. The van der Waals surface area contributed by atoms with Crippen LogP contribution in [0.25, 0.3) is 0 Å². The minimum absolute atomic E-state index is 0.0781. The van der Waals surface area contributed by atoms with Gasteiger partial charge >= 0.3 is 0 Å². The summed E-state index contributed by atoms with van der Waals surface area (Å²) < 4.78 is 6.82. The summed E-state index contributed by atoms with van der Waals surface area (Å²) in [6, 6.07) is 8.11. The molecule has 0 radical (unpaired) electrons. The smallest absolute Gasteiger partial charge is 0.155 e. The van der Waals surface area contributed by atoms with E-state index < -0.39 is 0 Å². The maximum atomic E-state index is 5.73. The molecule has 82 valence electrons. The minimum atomic E-state index is -0.0781. The largest absolute Gasteiger partial charge is 0.352 e. The summed E-state index contributed by atoms with van der Waals surface area (Å²) in [6.45, 7) is 0. The van der Waals surface area contributed by atoms with E-state index in [9.17, 15) is 0 Å². The summed E-state index contributed by atoms with van der Waals surface area (Å²) in [6.07, 6.45) is 5.28. The zero-order chi connectivity index (χ0) is 11.0. The van der Waals surface area contributed by atoms with E-state index >= 15 is 0 Å². The molecule has 2 aliphatic rings. The van der Waals surface area contributed by atoms with Crippen LogP contribution in [0.2, 0.25) is 0 Å². The van der Waals surface area contributed by atoms with Crippen molar-refractivity contribution in [3.05, 3.63) is 34.3 Å². The summed E-state index contributed by atoms with van der Waals surface area (Å²) in [7, 11) is 0. The van der Waals surface area contributed by atoms with Gasteiger partial charge in [0.25, 0.3) is 0 Å². The van der Waals surface area contributed by atoms with E-state index in [4.69, 9.17) is 4.74 Å². The van der Waals surface area contributed by atoms with Gasteiger partial charge in [0, 0.05) is 10.0 Å². The van der Waals surface area contributed by atoms with Gasteiger partial charge in [-0.25, -0.2) is 0 Å². The standard InChI is InChI=1S/C14H13BrO/c15-12-6-4-11(5-7-12)8-10-14-9-2-1-3-13(14)16-14/h4-7,13H,1-3,9H2. The molecule has 0 aromatic heterocycles. The van der Waals surface area contributed by atoms with Gasteiger partial charge in [-0.1, -0.05) is 34.2 Å². The molecule has 1 saturated carbocycles. The molecule has 1 aliphatic carbocycles. The minimum Gasteiger partial charge on any atom is -0.352 e. The molecule has 2 fully saturated rings. The Labute approximate surface area is 104 Å². The molecule has 2 unspecified atom stereocenters. The van der Waals surface area contributed by atoms with Gasteiger partial charge in [-0.15, -0.1) is 0 Å². The Morgan fingerprint density at radius 3 is 2.81 bits per heavy atom. The van der Waals surface area contributed by atoms with Gasteiger partial charge in [0.15, 0.2) is 5.60 Å². The van der Waals surface area contributed by atoms with Gasteiger partial charge in [0.1, 0.15) is 0 Å². The molecule has 1 aliphatic heterocycles. The van der Waals surface area contributed by atoms with Crippen molar-refractivity contribution >= 4 is 15.9 Å². The first-order valence-electron chi connectivity index (χ1n) is 5.75. The number of epoxide rings is 1. The highest BCUT2D eigenvalue weighted by molar-refractivity contribution is 9.10. The van der Waals surface area contributed by atoms with Crippen LogP contribution < -0.4 is 0 Å². The molecule has 2 atom stereocenters. The third-order valence-corrected chi connectivity index (χ3v) is 3.87. The van der Waals surface area contributed by atoms with Gasteiger partial charge < -0.3 is 4.74 Å². The number of rotatable bonds is 0. The van der Waals surface area contributed by atoms with Crippen LogP contribution >= 0.6 is 15.9 Å². The Hall–Kier alpha value is -0.780. The van der Waals surface area contributed by atoms with Crippen LogP contribution in [0.1, 0.15) is 31.2 Å². The van der Waals surface area contributed by atoms with Crippen LogP contribution in [0.15, 0.2) is 28.7 Å². The Balaban J connectivity index is 1.78. The third-order valence-electron chi connectivity index (χ3n) is 3.34. The molecule has 0 bridgehead atoms. The van der Waals surface area contributed by atoms with E-state index in [2.05, 4.69) is 27.8 Å². The first-order chi connectivity index (χ1) is 7.78. The quantitative estimate of drug-likeness (QED) is 0.522. The predicted molar refractivity (Wildman–Crippen MR) is 67.1 cm³/mol. The maximum Gasteiger partial charge on any atom is 0.155 e. The van der Waals surface area contributed by atoms with Crippen LogP contribution in [0.3, 0.4) is 0 Å². The average Bonchev–Trinajstić information content (AvgIpc) is 3.03. The topological polar surface area (TPSA) is 12.5 Å². The molecule has 16 heavy (non-hydrogen) atoms. The lowest BCUT2D eigenvalue weighted by Gasteiger charge is -2.10. The fourth-order valence-corrected chi connectivity index (χ4v) is 2.60. The fraction of sp³-hybridized carbons (Fsp3) is 0.429. The fourth-order valence-electron chi connectivity index (χ4n) is 2.33. The van der Waals surface area contributed by atoms with E-state index in [0.717, 1.165) is 16.5 Å². The molecule has 3 rings (SSSR count). The van der Waals surface area contributed by atoms with Crippen molar-refractivity contribution in [2.45, 2.75) is 37.4 Å². The molecule has 1 nitrogen and oxygen atoms in total. The van der Waals surface area contributed by atoms with E-state index in [1.165, 1.54) is 19.3 Å². The van der Waals surface area contributed by atoms with Crippen molar-refractivity contribution in [2.75, 3.05) is 0 Å². The molecule has 1 saturated heterocycles. The lowest BCUT2D eigenvalue weighted by molar-refractivity contribution is 0.336. The number of fused-ring (bicyclic) bond motifs is 1. The molecule has 0 spiro atoms. The average molecular weight is 277 g/mol. The van der Waals surface area contributed by atoms with E-state index in [-0.39, 0.29) is 5.60 Å². The molecular formula is C14H13BrO. The van der Waals surface area contributed by atoms with Crippen molar-refractivity contribution in [2.24, 2.45) is 0 Å². The second-order valence-corrected chi connectivity index (χ2v) is 5.41. The van der Waals surface area contributed by atoms with Crippen LogP contribution in [0.4, 0.5) is 0 Å². The predicted octanol–water partition coefficient (Wildman–Crippen LogP) is 3.51. The molecule has 0 N–H and O–H groups in total. The summed E-state index contributed by atoms with van der Waals surface area (Å²) in [5, 5.41) is 0. The summed E-state index contributed by atoms with van der Waals surface area (Å²) in [5.74, 6) is 6.55. The molecule has 0 amide bonds. The van der Waals surface area contributed by atoms with Gasteiger partial charge in [0.05, 0.1) is 6.10 Å². The van der Waals surface area contributed by atoms with Gasteiger partial charge in [-0.05, 0) is 43.5 Å². The SMILES string of the molecule is Brc1ccc(C#CC23CCCCC2O3)cc1. The highest BCUT2D eigenvalue weighted by Crippen LogP contribution is 2.47. The van der Waals surface area contributed by atoms with E-state index in [0.29, 0.717) is 6.10 Å². The maximum absolute atomic E-state index is 5.73. The van der Waals surface area contributed by atoms with Crippen molar-refractivity contribution < 1.29 is 4.74 Å². The number of hydrogen-bond donors (Lipinski definition) is 0. The van der Waals surface area contributed by atoms with Crippen LogP contribution in [-0.4, -0.2) is 11.7 Å². The third kappa shape index (κ3) is 1.90. The van der Waals surface area contributed by atoms with Crippen LogP contribution in [0, 0.1) is 11.8 Å². The molecule has 1 aromatic rings. The Morgan fingerprint density at radius 1 is 1.25 bits per heavy atom. The lowest BCUT2D eigenvalue weighted by atomic mass is 9.89. The normalized spacial score (nSPS) is 31.2. The van der Waals surface area contributed by atoms with Crippen molar-refractivity contribution in [1.29, 1.82) is 0 Å². The highest BCUT2D eigenvalue weighted by atomic mass is 79.9.